The first-order valence-corrected chi connectivity index (χ1v) is 8.06. The summed E-state index contributed by atoms with van der Waals surface area (Å²) in [6.45, 7) is 0. The van der Waals surface area contributed by atoms with Crippen LogP contribution >= 0.6 is 11.3 Å². The van der Waals surface area contributed by atoms with E-state index in [0.29, 0.717) is 19.3 Å². The Balaban J connectivity index is 1.73. The van der Waals surface area contributed by atoms with Crippen LogP contribution in [-0.4, -0.2) is 21.6 Å². The lowest BCUT2D eigenvalue weighted by Gasteiger charge is -2.36. The molecule has 0 aliphatic heterocycles. The smallest absolute Gasteiger partial charge is 0.327 e. The molecule has 0 radical (unpaired) electrons. The van der Waals surface area contributed by atoms with E-state index in [-0.39, 0.29) is 6.42 Å². The Bertz CT molecular complexity index is 575. The van der Waals surface area contributed by atoms with E-state index < -0.39 is 24.1 Å². The van der Waals surface area contributed by atoms with Crippen molar-refractivity contribution in [2.75, 3.05) is 0 Å². The number of nitrogens with two attached hydrogens (primary N) is 1. The van der Waals surface area contributed by atoms with Crippen LogP contribution in [0.2, 0.25) is 0 Å². The molecule has 1 aliphatic rings. The molecule has 1 saturated carbocycles. The second kappa shape index (κ2) is 5.61. The minimum absolute atomic E-state index is 0.208. The fourth-order valence-electron chi connectivity index (χ4n) is 3.35. The van der Waals surface area contributed by atoms with Crippen LogP contribution in [0.15, 0.2) is 17.8 Å². The molecule has 116 valence electrons. The molecule has 0 amide bonds. The Morgan fingerprint density at radius 2 is 2.14 bits per heavy atom. The number of hydrogen-bond acceptors (Lipinski definition) is 3. The second-order valence-electron chi connectivity index (χ2n) is 5.79. The molecule has 3 unspecified atom stereocenters. The van der Waals surface area contributed by atoms with Crippen molar-refractivity contribution < 1.29 is 13.2 Å². The zero-order valence-electron chi connectivity index (χ0n) is 11.5. The predicted octanol–water partition coefficient (Wildman–Crippen LogP) is 3.63. The highest BCUT2D eigenvalue weighted by Crippen LogP contribution is 2.42. The van der Waals surface area contributed by atoms with Crippen LogP contribution < -0.4 is 5.73 Å². The van der Waals surface area contributed by atoms with Gasteiger partial charge in [0.15, 0.2) is 4.96 Å². The number of hydrogen-bond donors (Lipinski definition) is 1. The minimum atomic E-state index is -4.14. The summed E-state index contributed by atoms with van der Waals surface area (Å²) in [5.41, 5.74) is 6.89. The van der Waals surface area contributed by atoms with Gasteiger partial charge in [-0.05, 0) is 18.8 Å². The summed E-state index contributed by atoms with van der Waals surface area (Å²) < 4.78 is 41.3. The number of imidazole rings is 1. The highest BCUT2D eigenvalue weighted by atomic mass is 32.1. The predicted molar refractivity (Wildman–Crippen MR) is 76.3 cm³/mol. The average Bonchev–Trinajstić information content (AvgIpc) is 2.98. The lowest BCUT2D eigenvalue weighted by atomic mass is 9.74. The third-order valence-corrected chi connectivity index (χ3v) is 5.15. The lowest BCUT2D eigenvalue weighted by Crippen LogP contribution is -2.44. The molecule has 2 N–H and O–H groups in total. The molecule has 1 aliphatic carbocycles. The molecule has 2 aromatic heterocycles. The molecule has 0 saturated heterocycles. The fraction of sp³-hybridized carbons (Fsp3) is 0.643. The van der Waals surface area contributed by atoms with Gasteiger partial charge in [0, 0.05) is 30.2 Å². The van der Waals surface area contributed by atoms with Gasteiger partial charge in [-0.2, -0.15) is 13.2 Å². The van der Waals surface area contributed by atoms with Crippen LogP contribution in [0.4, 0.5) is 13.2 Å². The number of thiazole rings is 1. The first-order chi connectivity index (χ1) is 9.95. The zero-order chi connectivity index (χ0) is 15.0. The molecule has 2 aromatic rings. The molecule has 1 fully saturated rings. The molecule has 3 nitrogen and oxygen atoms in total. The van der Waals surface area contributed by atoms with Crippen LogP contribution in [0.25, 0.3) is 4.96 Å². The van der Waals surface area contributed by atoms with Crippen LogP contribution in [0.1, 0.15) is 31.4 Å². The Morgan fingerprint density at radius 3 is 2.86 bits per heavy atom. The highest BCUT2D eigenvalue weighted by molar-refractivity contribution is 7.15. The number of nitrogens with zero attached hydrogens (tertiary/aromatic N) is 2. The number of halogens is 3. The first kappa shape index (κ1) is 14.8. The first-order valence-electron chi connectivity index (χ1n) is 7.18. The number of fused-ring (bicyclic) bond motifs is 1. The Labute approximate surface area is 125 Å². The van der Waals surface area contributed by atoms with E-state index in [9.17, 15) is 13.2 Å². The lowest BCUT2D eigenvalue weighted by molar-refractivity contribution is -0.198. The molecule has 0 spiro atoms. The maximum atomic E-state index is 13.1. The molecule has 0 aromatic carbocycles. The largest absolute Gasteiger partial charge is 0.392 e. The van der Waals surface area contributed by atoms with Crippen molar-refractivity contribution in [1.82, 2.24) is 9.38 Å². The quantitative estimate of drug-likeness (QED) is 0.939. The normalized spacial score (nSPS) is 25.3. The summed E-state index contributed by atoms with van der Waals surface area (Å²) in [4.78, 5) is 5.27. The average molecular weight is 317 g/mol. The van der Waals surface area contributed by atoms with E-state index in [1.165, 1.54) is 11.3 Å². The van der Waals surface area contributed by atoms with Crippen LogP contribution in [-0.2, 0) is 6.42 Å². The maximum Gasteiger partial charge on any atom is 0.392 e. The molecule has 3 atom stereocenters. The van der Waals surface area contributed by atoms with Gasteiger partial charge in [0.2, 0.25) is 0 Å². The van der Waals surface area contributed by atoms with Gasteiger partial charge >= 0.3 is 6.18 Å². The van der Waals surface area contributed by atoms with Gasteiger partial charge in [0.05, 0.1) is 11.6 Å². The van der Waals surface area contributed by atoms with Crippen molar-refractivity contribution >= 4 is 16.3 Å². The molecule has 0 bridgehead atoms. The Kier molecular flexibility index (Phi) is 3.96. The van der Waals surface area contributed by atoms with Crippen LogP contribution in [0, 0.1) is 11.8 Å². The maximum absolute atomic E-state index is 13.1. The molecular formula is C14H18F3N3S. The molecule has 2 heterocycles. The third-order valence-electron chi connectivity index (χ3n) is 4.38. The molecule has 21 heavy (non-hydrogen) atoms. The number of alkyl halides is 3. The van der Waals surface area contributed by atoms with E-state index in [1.807, 2.05) is 22.2 Å². The zero-order valence-corrected chi connectivity index (χ0v) is 12.3. The van der Waals surface area contributed by atoms with Gasteiger partial charge in [0.1, 0.15) is 0 Å². The van der Waals surface area contributed by atoms with E-state index in [4.69, 9.17) is 5.73 Å². The van der Waals surface area contributed by atoms with Crippen molar-refractivity contribution in [2.24, 2.45) is 17.6 Å². The van der Waals surface area contributed by atoms with Crippen molar-refractivity contribution in [3.05, 3.63) is 23.5 Å². The monoisotopic (exact) mass is 317 g/mol. The number of rotatable bonds is 3. The van der Waals surface area contributed by atoms with E-state index >= 15 is 0 Å². The van der Waals surface area contributed by atoms with Gasteiger partial charge in [-0.1, -0.05) is 12.8 Å². The molecular weight excluding hydrogens is 299 g/mol. The summed E-state index contributed by atoms with van der Waals surface area (Å²) in [5.74, 6) is -1.75. The summed E-state index contributed by atoms with van der Waals surface area (Å²) in [5, 5.41) is 1.92. The van der Waals surface area contributed by atoms with Crippen molar-refractivity contribution in [1.29, 1.82) is 0 Å². The van der Waals surface area contributed by atoms with Crippen molar-refractivity contribution in [3.8, 4) is 0 Å². The second-order valence-corrected chi connectivity index (χ2v) is 6.66. The molecule has 3 rings (SSSR count). The minimum Gasteiger partial charge on any atom is -0.327 e. The SMILES string of the molecule is NC(Cc1cn2ccsc2n1)C1CCCCC1C(F)(F)F. The van der Waals surface area contributed by atoms with Crippen LogP contribution in [0.5, 0.6) is 0 Å². The van der Waals surface area contributed by atoms with E-state index in [1.54, 1.807) is 0 Å². The van der Waals surface area contributed by atoms with Crippen molar-refractivity contribution in [2.45, 2.75) is 44.3 Å². The van der Waals surface area contributed by atoms with E-state index in [2.05, 4.69) is 4.98 Å². The highest BCUT2D eigenvalue weighted by Gasteiger charge is 2.47. The molecule has 7 heteroatoms. The van der Waals surface area contributed by atoms with Crippen LogP contribution in [0.3, 0.4) is 0 Å². The van der Waals surface area contributed by atoms with Gasteiger partial charge in [0.25, 0.3) is 0 Å². The third kappa shape index (κ3) is 3.08. The summed E-state index contributed by atoms with van der Waals surface area (Å²) in [7, 11) is 0. The van der Waals surface area contributed by atoms with Gasteiger partial charge in [-0.3, -0.25) is 4.40 Å². The van der Waals surface area contributed by atoms with Gasteiger partial charge in [-0.25, -0.2) is 4.98 Å². The van der Waals surface area contributed by atoms with Gasteiger partial charge in [-0.15, -0.1) is 11.3 Å². The van der Waals surface area contributed by atoms with E-state index in [0.717, 1.165) is 17.1 Å². The Hall–Kier alpha value is -1.08. The Morgan fingerprint density at radius 1 is 1.38 bits per heavy atom. The van der Waals surface area contributed by atoms with Crippen molar-refractivity contribution in [3.63, 3.8) is 0 Å². The summed E-state index contributed by atoms with van der Waals surface area (Å²) >= 11 is 1.51. The summed E-state index contributed by atoms with van der Waals surface area (Å²) in [6, 6.07) is -0.485. The summed E-state index contributed by atoms with van der Waals surface area (Å²) in [6.07, 6.45) is 2.27. The standard InChI is InChI=1S/C14H18F3N3S/c15-14(16,17)11-4-2-1-3-10(11)12(18)7-9-8-20-5-6-21-13(20)19-9/h5-6,8,10-12H,1-4,7,18H2. The fourth-order valence-corrected chi connectivity index (χ4v) is 4.06. The van der Waals surface area contributed by atoms with Gasteiger partial charge < -0.3 is 5.73 Å². The number of aromatic nitrogens is 2. The topological polar surface area (TPSA) is 43.3 Å².